The van der Waals surface area contributed by atoms with Crippen LogP contribution in [0.15, 0.2) is 53.4 Å². The third-order valence-corrected chi connectivity index (χ3v) is 6.20. The van der Waals surface area contributed by atoms with Crippen molar-refractivity contribution >= 4 is 27.5 Å². The lowest BCUT2D eigenvalue weighted by Gasteiger charge is -2.29. The molecule has 132 valence electrons. The molecule has 2 aromatic carbocycles. The van der Waals surface area contributed by atoms with E-state index in [0.717, 1.165) is 12.0 Å². The Labute approximate surface area is 152 Å². The molecule has 25 heavy (non-hydrogen) atoms. The molecular formula is C18H19ClN2O3S. The van der Waals surface area contributed by atoms with Crippen molar-refractivity contribution in [1.29, 1.82) is 0 Å². The Morgan fingerprint density at radius 2 is 1.76 bits per heavy atom. The Morgan fingerprint density at radius 1 is 1.08 bits per heavy atom. The summed E-state index contributed by atoms with van der Waals surface area (Å²) >= 11 is 5.93. The van der Waals surface area contributed by atoms with Crippen LogP contribution in [0.5, 0.6) is 0 Å². The van der Waals surface area contributed by atoms with E-state index in [2.05, 4.69) is 10.8 Å². The van der Waals surface area contributed by atoms with Crippen LogP contribution in [0.3, 0.4) is 0 Å². The fraction of sp³-hybridized carbons (Fsp3) is 0.278. The summed E-state index contributed by atoms with van der Waals surface area (Å²) in [6.07, 6.45) is 0.944. The van der Waals surface area contributed by atoms with E-state index in [9.17, 15) is 13.2 Å². The van der Waals surface area contributed by atoms with E-state index in [4.69, 9.17) is 11.6 Å². The number of benzene rings is 2. The van der Waals surface area contributed by atoms with Crippen molar-refractivity contribution in [2.75, 3.05) is 13.1 Å². The van der Waals surface area contributed by atoms with Crippen LogP contribution < -0.4 is 4.72 Å². The average molecular weight is 379 g/mol. The lowest BCUT2D eigenvalue weighted by molar-refractivity contribution is -0.131. The predicted molar refractivity (Wildman–Crippen MR) is 96.8 cm³/mol. The Balaban J connectivity index is 1.56. The second-order valence-corrected chi connectivity index (χ2v) is 8.05. The van der Waals surface area contributed by atoms with E-state index in [1.165, 1.54) is 17.7 Å². The highest BCUT2D eigenvalue weighted by atomic mass is 35.5. The summed E-state index contributed by atoms with van der Waals surface area (Å²) in [6.45, 7) is 1.28. The van der Waals surface area contributed by atoms with Gasteiger partial charge in [0.25, 0.3) is 0 Å². The molecule has 5 nitrogen and oxygen atoms in total. The summed E-state index contributed by atoms with van der Waals surface area (Å²) in [5.74, 6) is -0.0589. The summed E-state index contributed by atoms with van der Waals surface area (Å²) in [5, 5.41) is 0.161. The first-order valence-corrected chi connectivity index (χ1v) is 9.92. The maximum absolute atomic E-state index is 12.4. The number of carbonyl (C=O) groups excluding carboxylic acids is 1. The molecule has 1 amide bonds. The van der Waals surface area contributed by atoms with Crippen molar-refractivity contribution in [3.05, 3.63) is 64.7 Å². The van der Waals surface area contributed by atoms with E-state index < -0.39 is 10.0 Å². The number of hydrogen-bond acceptors (Lipinski definition) is 3. The van der Waals surface area contributed by atoms with Gasteiger partial charge in [0.2, 0.25) is 15.9 Å². The van der Waals surface area contributed by atoms with Crippen molar-refractivity contribution < 1.29 is 13.2 Å². The minimum absolute atomic E-state index is 0.0241. The van der Waals surface area contributed by atoms with Gasteiger partial charge in [-0.3, -0.25) is 4.79 Å². The molecule has 1 heterocycles. The molecule has 0 unspecified atom stereocenters. The van der Waals surface area contributed by atoms with Gasteiger partial charge in [-0.25, -0.2) is 13.1 Å². The van der Waals surface area contributed by atoms with Crippen molar-refractivity contribution in [1.82, 2.24) is 9.62 Å². The molecule has 1 aliphatic heterocycles. The van der Waals surface area contributed by atoms with Crippen LogP contribution in [0.4, 0.5) is 0 Å². The highest BCUT2D eigenvalue weighted by Crippen LogP contribution is 2.21. The first-order chi connectivity index (χ1) is 12.0. The van der Waals surface area contributed by atoms with Gasteiger partial charge in [-0.2, -0.15) is 0 Å². The maximum Gasteiger partial charge on any atom is 0.242 e. The zero-order valence-corrected chi connectivity index (χ0v) is 15.2. The number of nitrogens with one attached hydrogen (secondary N) is 1. The molecule has 0 saturated carbocycles. The molecule has 1 aliphatic rings. The topological polar surface area (TPSA) is 66.5 Å². The predicted octanol–water partition coefficient (Wildman–Crippen LogP) is 2.59. The van der Waals surface area contributed by atoms with Gasteiger partial charge in [0.15, 0.2) is 0 Å². The Morgan fingerprint density at radius 3 is 2.52 bits per heavy atom. The number of hydrogen-bond donors (Lipinski definition) is 1. The second-order valence-electron chi connectivity index (χ2n) is 5.91. The standard InChI is InChI=1S/C18H19ClN2O3S/c19-16-7-3-4-8-17(16)25(23,24)20-11-9-18(22)21-12-10-14-5-1-2-6-15(14)13-21/h1-8,20H,9-13H2. The summed E-state index contributed by atoms with van der Waals surface area (Å²) < 4.78 is 27.0. The first kappa shape index (κ1) is 17.9. The molecule has 0 fully saturated rings. The van der Waals surface area contributed by atoms with E-state index in [1.807, 2.05) is 18.2 Å². The van der Waals surface area contributed by atoms with E-state index in [0.29, 0.717) is 13.1 Å². The second kappa shape index (κ2) is 7.56. The molecular weight excluding hydrogens is 360 g/mol. The molecule has 0 bridgehead atoms. The van der Waals surface area contributed by atoms with Gasteiger partial charge in [0, 0.05) is 26.1 Å². The Bertz CT molecular complexity index is 883. The van der Waals surface area contributed by atoms with Crippen molar-refractivity contribution in [3.63, 3.8) is 0 Å². The van der Waals surface area contributed by atoms with Gasteiger partial charge in [0.1, 0.15) is 4.90 Å². The largest absolute Gasteiger partial charge is 0.338 e. The SMILES string of the molecule is O=C(CCNS(=O)(=O)c1ccccc1Cl)N1CCc2ccccc2C1. The molecule has 0 aromatic heterocycles. The highest BCUT2D eigenvalue weighted by molar-refractivity contribution is 7.89. The Hall–Kier alpha value is -1.89. The smallest absolute Gasteiger partial charge is 0.242 e. The highest BCUT2D eigenvalue weighted by Gasteiger charge is 2.21. The number of carbonyl (C=O) groups is 1. The van der Waals surface area contributed by atoms with E-state index in [1.54, 1.807) is 17.0 Å². The summed E-state index contributed by atoms with van der Waals surface area (Å²) in [5.41, 5.74) is 2.42. The Kier molecular flexibility index (Phi) is 5.42. The number of amides is 1. The molecule has 0 radical (unpaired) electrons. The van der Waals surface area contributed by atoms with Gasteiger partial charge in [-0.05, 0) is 29.7 Å². The summed E-state index contributed by atoms with van der Waals surface area (Å²) in [4.78, 5) is 14.2. The number of sulfonamides is 1. The van der Waals surface area contributed by atoms with E-state index >= 15 is 0 Å². The fourth-order valence-corrected chi connectivity index (χ4v) is 4.45. The maximum atomic E-state index is 12.4. The van der Waals surface area contributed by atoms with E-state index in [-0.39, 0.29) is 28.8 Å². The minimum Gasteiger partial charge on any atom is -0.338 e. The third kappa shape index (κ3) is 4.21. The fourth-order valence-electron chi connectivity index (χ4n) is 2.90. The van der Waals surface area contributed by atoms with Crippen LogP contribution in [0.25, 0.3) is 0 Å². The molecule has 7 heteroatoms. The summed E-state index contributed by atoms with van der Waals surface area (Å²) in [6, 6.07) is 14.3. The number of halogens is 1. The average Bonchev–Trinajstić information content (AvgIpc) is 2.61. The van der Waals surface area contributed by atoms with Crippen molar-refractivity contribution in [3.8, 4) is 0 Å². The number of nitrogens with zero attached hydrogens (tertiary/aromatic N) is 1. The lowest BCUT2D eigenvalue weighted by atomic mass is 10.00. The molecule has 1 N–H and O–H groups in total. The van der Waals surface area contributed by atoms with Gasteiger partial charge >= 0.3 is 0 Å². The minimum atomic E-state index is -3.72. The zero-order valence-electron chi connectivity index (χ0n) is 13.6. The zero-order chi connectivity index (χ0) is 17.9. The van der Waals surface area contributed by atoms with Crippen LogP contribution in [0, 0.1) is 0 Å². The first-order valence-electron chi connectivity index (χ1n) is 8.06. The summed E-state index contributed by atoms with van der Waals surface area (Å²) in [7, 11) is -3.72. The van der Waals surface area contributed by atoms with Gasteiger partial charge < -0.3 is 4.90 Å². The normalized spacial score (nSPS) is 14.2. The number of fused-ring (bicyclic) bond motifs is 1. The quantitative estimate of drug-likeness (QED) is 0.869. The molecule has 0 saturated heterocycles. The molecule has 3 rings (SSSR count). The molecule has 0 spiro atoms. The lowest BCUT2D eigenvalue weighted by Crippen LogP contribution is -2.38. The molecule has 0 atom stereocenters. The van der Waals surface area contributed by atoms with Crippen LogP contribution >= 0.6 is 11.6 Å². The van der Waals surface area contributed by atoms with Crippen molar-refractivity contribution in [2.45, 2.75) is 24.3 Å². The van der Waals surface area contributed by atoms with Crippen LogP contribution in [-0.2, 0) is 27.8 Å². The third-order valence-electron chi connectivity index (χ3n) is 4.24. The van der Waals surface area contributed by atoms with Crippen LogP contribution in [-0.4, -0.2) is 32.3 Å². The van der Waals surface area contributed by atoms with Crippen molar-refractivity contribution in [2.24, 2.45) is 0 Å². The van der Waals surface area contributed by atoms with Gasteiger partial charge in [0.05, 0.1) is 5.02 Å². The van der Waals surface area contributed by atoms with Gasteiger partial charge in [-0.1, -0.05) is 48.0 Å². The van der Waals surface area contributed by atoms with Crippen LogP contribution in [0.2, 0.25) is 5.02 Å². The molecule has 2 aromatic rings. The monoisotopic (exact) mass is 378 g/mol. The number of rotatable bonds is 5. The molecule has 0 aliphatic carbocycles. The van der Waals surface area contributed by atoms with Gasteiger partial charge in [-0.15, -0.1) is 0 Å². The van der Waals surface area contributed by atoms with Crippen LogP contribution in [0.1, 0.15) is 17.5 Å².